The molecule has 0 atom stereocenters. The van der Waals surface area contributed by atoms with Gasteiger partial charge in [-0.3, -0.25) is 0 Å². The van der Waals surface area contributed by atoms with Gasteiger partial charge >= 0.3 is 0 Å². The summed E-state index contributed by atoms with van der Waals surface area (Å²) in [6.45, 7) is 7.34. The summed E-state index contributed by atoms with van der Waals surface area (Å²) >= 11 is 1.79. The fraction of sp³-hybridized carbons (Fsp3) is 0.667. The Balaban J connectivity index is 2.70. The Kier molecular flexibility index (Phi) is 3.53. The van der Waals surface area contributed by atoms with Crippen LogP contribution in [0, 0.1) is 6.92 Å². The summed E-state index contributed by atoms with van der Waals surface area (Å²) in [6, 6.07) is 0. The predicted octanol–water partition coefficient (Wildman–Crippen LogP) is 2.84. The second kappa shape index (κ2) is 4.45. The van der Waals surface area contributed by atoms with E-state index < -0.39 is 0 Å². The molecule has 0 aromatic carbocycles. The summed E-state index contributed by atoms with van der Waals surface area (Å²) in [5.41, 5.74) is 1.19. The van der Waals surface area contributed by atoms with Gasteiger partial charge < -0.3 is 5.32 Å². The van der Waals surface area contributed by atoms with Crippen molar-refractivity contribution in [3.63, 3.8) is 0 Å². The number of thiazole rings is 1. The molecule has 0 saturated carbocycles. The average Bonchev–Trinajstić information content (AvgIpc) is 2.34. The molecule has 0 aliphatic heterocycles. The number of nitrogens with one attached hydrogen (secondary N) is 1. The smallest absolute Gasteiger partial charge is 0.183 e. The summed E-state index contributed by atoms with van der Waals surface area (Å²) in [5, 5.41) is 4.30. The van der Waals surface area contributed by atoms with Crippen molar-refractivity contribution in [3.8, 4) is 0 Å². The molecule has 0 aliphatic rings. The Morgan fingerprint density at radius 1 is 1.42 bits per heavy atom. The van der Waals surface area contributed by atoms with Crippen LogP contribution in [-0.4, -0.2) is 11.5 Å². The molecule has 0 bridgehead atoms. The van der Waals surface area contributed by atoms with Crippen LogP contribution in [0.25, 0.3) is 0 Å². The van der Waals surface area contributed by atoms with Gasteiger partial charge in [0.2, 0.25) is 0 Å². The molecule has 12 heavy (non-hydrogen) atoms. The zero-order valence-corrected chi connectivity index (χ0v) is 8.79. The minimum absolute atomic E-state index is 0.957. The van der Waals surface area contributed by atoms with Gasteiger partial charge in [-0.15, -0.1) is 11.3 Å². The monoisotopic (exact) mass is 184 g/mol. The normalized spacial score (nSPS) is 10.2. The Bertz CT molecular complexity index is 243. The van der Waals surface area contributed by atoms with Crippen molar-refractivity contribution in [1.29, 1.82) is 0 Å². The van der Waals surface area contributed by atoms with Crippen LogP contribution in [0.3, 0.4) is 0 Å². The largest absolute Gasteiger partial charge is 0.362 e. The molecule has 2 nitrogen and oxygen atoms in total. The fourth-order valence-electron chi connectivity index (χ4n) is 1.11. The van der Waals surface area contributed by atoms with E-state index in [2.05, 4.69) is 31.1 Å². The first-order valence-corrected chi connectivity index (χ1v) is 5.29. The van der Waals surface area contributed by atoms with E-state index in [1.807, 2.05) is 0 Å². The van der Waals surface area contributed by atoms with E-state index in [-0.39, 0.29) is 0 Å². The van der Waals surface area contributed by atoms with Crippen molar-refractivity contribution in [2.45, 2.75) is 33.6 Å². The fourth-order valence-corrected chi connectivity index (χ4v) is 2.25. The van der Waals surface area contributed by atoms with Gasteiger partial charge in [0.05, 0.1) is 5.69 Å². The zero-order chi connectivity index (χ0) is 8.97. The Morgan fingerprint density at radius 3 is 2.75 bits per heavy atom. The van der Waals surface area contributed by atoms with Crippen molar-refractivity contribution in [2.75, 3.05) is 11.9 Å². The summed E-state index contributed by atoms with van der Waals surface area (Å²) in [5.74, 6) is 0. The van der Waals surface area contributed by atoms with Gasteiger partial charge in [0.1, 0.15) is 0 Å². The van der Waals surface area contributed by atoms with Crippen LogP contribution in [-0.2, 0) is 6.42 Å². The predicted molar refractivity (Wildman–Crippen MR) is 55.0 cm³/mol. The van der Waals surface area contributed by atoms with E-state index in [9.17, 15) is 0 Å². The van der Waals surface area contributed by atoms with Crippen molar-refractivity contribution < 1.29 is 0 Å². The molecule has 0 radical (unpaired) electrons. The van der Waals surface area contributed by atoms with Gasteiger partial charge in [-0.05, 0) is 20.3 Å². The highest BCUT2D eigenvalue weighted by Crippen LogP contribution is 2.23. The van der Waals surface area contributed by atoms with E-state index in [0.717, 1.165) is 18.1 Å². The molecular formula is C9H16N2S. The SMILES string of the molecule is CCCc1sc(NCC)nc1C. The van der Waals surface area contributed by atoms with Gasteiger partial charge in [-0.1, -0.05) is 13.3 Å². The standard InChI is InChI=1S/C9H16N2S/c1-4-6-8-7(3)11-9(12-8)10-5-2/h4-6H2,1-3H3,(H,10,11). The highest BCUT2D eigenvalue weighted by atomic mass is 32.1. The molecule has 0 spiro atoms. The number of nitrogens with zero attached hydrogens (tertiary/aromatic N) is 1. The highest BCUT2D eigenvalue weighted by Gasteiger charge is 2.04. The van der Waals surface area contributed by atoms with Crippen LogP contribution >= 0.6 is 11.3 Å². The van der Waals surface area contributed by atoms with Crippen LogP contribution < -0.4 is 5.32 Å². The minimum Gasteiger partial charge on any atom is -0.362 e. The van der Waals surface area contributed by atoms with Crippen molar-refractivity contribution >= 4 is 16.5 Å². The van der Waals surface area contributed by atoms with E-state index in [1.54, 1.807) is 11.3 Å². The first-order chi connectivity index (χ1) is 5.77. The van der Waals surface area contributed by atoms with Crippen LogP contribution in [0.4, 0.5) is 5.13 Å². The summed E-state index contributed by atoms with van der Waals surface area (Å²) < 4.78 is 0. The first-order valence-electron chi connectivity index (χ1n) is 4.48. The lowest BCUT2D eigenvalue weighted by Crippen LogP contribution is -1.94. The molecule has 1 rings (SSSR count). The maximum absolute atomic E-state index is 4.43. The third-order valence-corrected chi connectivity index (χ3v) is 2.87. The molecule has 0 saturated heterocycles. The first kappa shape index (κ1) is 9.52. The number of aryl methyl sites for hydroxylation is 2. The number of hydrogen-bond donors (Lipinski definition) is 1. The molecule has 0 amide bonds. The van der Waals surface area contributed by atoms with Crippen LogP contribution in [0.5, 0.6) is 0 Å². The van der Waals surface area contributed by atoms with Gasteiger partial charge in [-0.2, -0.15) is 0 Å². The number of aromatic nitrogens is 1. The minimum atomic E-state index is 0.957. The molecule has 0 unspecified atom stereocenters. The quantitative estimate of drug-likeness (QED) is 0.778. The van der Waals surface area contributed by atoms with E-state index in [4.69, 9.17) is 0 Å². The van der Waals surface area contributed by atoms with Crippen LogP contribution in [0.15, 0.2) is 0 Å². The molecule has 1 aromatic rings. The van der Waals surface area contributed by atoms with Gasteiger partial charge in [0.15, 0.2) is 5.13 Å². The second-order valence-corrected chi connectivity index (χ2v) is 3.89. The molecular weight excluding hydrogens is 168 g/mol. The Labute approximate surface area is 78.0 Å². The van der Waals surface area contributed by atoms with Crippen LogP contribution in [0.2, 0.25) is 0 Å². The number of rotatable bonds is 4. The lowest BCUT2D eigenvalue weighted by atomic mass is 10.2. The van der Waals surface area contributed by atoms with E-state index in [0.29, 0.717) is 0 Å². The van der Waals surface area contributed by atoms with E-state index >= 15 is 0 Å². The van der Waals surface area contributed by atoms with Crippen molar-refractivity contribution in [3.05, 3.63) is 10.6 Å². The lowest BCUT2D eigenvalue weighted by molar-refractivity contribution is 0.925. The molecule has 3 heteroatoms. The molecule has 0 aliphatic carbocycles. The van der Waals surface area contributed by atoms with Gasteiger partial charge in [0.25, 0.3) is 0 Å². The number of hydrogen-bond acceptors (Lipinski definition) is 3. The topological polar surface area (TPSA) is 24.9 Å². The lowest BCUT2D eigenvalue weighted by Gasteiger charge is -1.93. The molecule has 1 heterocycles. The van der Waals surface area contributed by atoms with Gasteiger partial charge in [-0.25, -0.2) is 4.98 Å². The maximum atomic E-state index is 4.43. The second-order valence-electron chi connectivity index (χ2n) is 2.81. The summed E-state index contributed by atoms with van der Waals surface area (Å²) in [7, 11) is 0. The molecule has 1 aromatic heterocycles. The molecule has 0 fully saturated rings. The maximum Gasteiger partial charge on any atom is 0.183 e. The Morgan fingerprint density at radius 2 is 2.17 bits per heavy atom. The van der Waals surface area contributed by atoms with Crippen LogP contribution in [0.1, 0.15) is 30.8 Å². The zero-order valence-electron chi connectivity index (χ0n) is 7.98. The summed E-state index contributed by atoms with van der Waals surface area (Å²) in [6.07, 6.45) is 2.36. The van der Waals surface area contributed by atoms with E-state index in [1.165, 1.54) is 17.0 Å². The average molecular weight is 184 g/mol. The Hall–Kier alpha value is -0.570. The summed E-state index contributed by atoms with van der Waals surface area (Å²) in [4.78, 5) is 5.85. The van der Waals surface area contributed by atoms with Crippen molar-refractivity contribution in [1.82, 2.24) is 4.98 Å². The number of anilines is 1. The van der Waals surface area contributed by atoms with Gasteiger partial charge in [0, 0.05) is 11.4 Å². The molecule has 68 valence electrons. The third kappa shape index (κ3) is 2.21. The van der Waals surface area contributed by atoms with Crippen molar-refractivity contribution in [2.24, 2.45) is 0 Å². The molecule has 1 N–H and O–H groups in total. The highest BCUT2D eigenvalue weighted by molar-refractivity contribution is 7.15. The third-order valence-electron chi connectivity index (χ3n) is 1.70.